The summed E-state index contributed by atoms with van der Waals surface area (Å²) in [5, 5.41) is 0. The largest absolute Gasteiger partial charge is 0.469 e. The van der Waals surface area contributed by atoms with E-state index in [4.69, 9.17) is 4.74 Å². The number of ether oxygens (including phenoxy) is 1. The topological polar surface area (TPSA) is 29.5 Å². The summed E-state index contributed by atoms with van der Waals surface area (Å²) >= 11 is 3.20. The molecule has 0 spiro atoms. The number of likely N-dealkylation sites (tertiary alicyclic amines) is 1. The molecule has 0 aromatic heterocycles. The lowest BCUT2D eigenvalue weighted by Gasteiger charge is -2.31. The molecule has 2 rings (SSSR count). The molecular weight excluding hydrogens is 325 g/mol. The lowest BCUT2D eigenvalue weighted by atomic mass is 9.98. The van der Waals surface area contributed by atoms with Crippen LogP contribution in [0.4, 0.5) is 4.39 Å². The maximum Gasteiger partial charge on any atom is 0.309 e. The number of piperidine rings is 1. The van der Waals surface area contributed by atoms with Crippen molar-refractivity contribution in [1.82, 2.24) is 4.90 Å². The van der Waals surface area contributed by atoms with Gasteiger partial charge in [-0.2, -0.15) is 0 Å². The lowest BCUT2D eigenvalue weighted by Crippen LogP contribution is -2.40. The molecule has 1 aliphatic rings. The highest BCUT2D eigenvalue weighted by Crippen LogP contribution is 2.20. The first kappa shape index (κ1) is 15.4. The summed E-state index contributed by atoms with van der Waals surface area (Å²) in [6.07, 6.45) is 2.78. The molecule has 20 heavy (non-hydrogen) atoms. The number of halogens is 2. The summed E-state index contributed by atoms with van der Waals surface area (Å²) in [5.41, 5.74) is 1.10. The van der Waals surface area contributed by atoms with Gasteiger partial charge in [0.15, 0.2) is 0 Å². The zero-order chi connectivity index (χ0) is 14.5. The Labute approximate surface area is 127 Å². The molecule has 3 nitrogen and oxygen atoms in total. The first-order valence-electron chi connectivity index (χ1n) is 6.84. The Morgan fingerprint density at radius 2 is 2.35 bits per heavy atom. The van der Waals surface area contributed by atoms with Crippen molar-refractivity contribution in [1.29, 1.82) is 0 Å². The quantitative estimate of drug-likeness (QED) is 0.787. The Hall–Kier alpha value is -0.940. The molecule has 1 aliphatic heterocycles. The van der Waals surface area contributed by atoms with Gasteiger partial charge in [0.05, 0.1) is 17.5 Å². The Morgan fingerprint density at radius 1 is 1.55 bits per heavy atom. The Bertz CT molecular complexity index is 481. The van der Waals surface area contributed by atoms with E-state index < -0.39 is 0 Å². The van der Waals surface area contributed by atoms with E-state index in [1.54, 1.807) is 0 Å². The Morgan fingerprint density at radius 3 is 3.05 bits per heavy atom. The average Bonchev–Trinajstić information content (AvgIpc) is 2.48. The fourth-order valence-electron chi connectivity index (χ4n) is 2.60. The molecule has 1 atom stereocenters. The van der Waals surface area contributed by atoms with E-state index >= 15 is 0 Å². The van der Waals surface area contributed by atoms with Crippen LogP contribution in [0.15, 0.2) is 22.7 Å². The highest BCUT2D eigenvalue weighted by atomic mass is 79.9. The van der Waals surface area contributed by atoms with Crippen LogP contribution in [0.5, 0.6) is 0 Å². The van der Waals surface area contributed by atoms with Gasteiger partial charge in [0.1, 0.15) is 5.82 Å². The minimum atomic E-state index is -0.238. The second-order valence-corrected chi connectivity index (χ2v) is 6.02. The van der Waals surface area contributed by atoms with Crippen LogP contribution in [-0.2, 0) is 16.0 Å². The molecule has 1 aromatic rings. The highest BCUT2D eigenvalue weighted by molar-refractivity contribution is 9.10. The fraction of sp³-hybridized carbons (Fsp3) is 0.533. The molecular formula is C15H19BrFNO2. The molecule has 110 valence electrons. The summed E-state index contributed by atoms with van der Waals surface area (Å²) in [7, 11) is 1.44. The molecule has 0 bridgehead atoms. The normalized spacial score (nSPS) is 19.9. The average molecular weight is 344 g/mol. The van der Waals surface area contributed by atoms with Gasteiger partial charge >= 0.3 is 5.97 Å². The first-order valence-corrected chi connectivity index (χ1v) is 7.63. The molecule has 1 aromatic carbocycles. The highest BCUT2D eigenvalue weighted by Gasteiger charge is 2.26. The Balaban J connectivity index is 1.87. The molecule has 1 fully saturated rings. The minimum Gasteiger partial charge on any atom is -0.469 e. The van der Waals surface area contributed by atoms with Gasteiger partial charge in [-0.3, -0.25) is 4.79 Å². The predicted octanol–water partition coefficient (Wildman–Crippen LogP) is 3.02. The van der Waals surface area contributed by atoms with Crippen LogP contribution in [-0.4, -0.2) is 37.6 Å². The van der Waals surface area contributed by atoms with Gasteiger partial charge in [0, 0.05) is 13.1 Å². The van der Waals surface area contributed by atoms with E-state index in [9.17, 15) is 9.18 Å². The number of carbonyl (C=O) groups excluding carboxylic acids is 1. The zero-order valence-corrected chi connectivity index (χ0v) is 13.2. The minimum absolute atomic E-state index is 0.00583. The maximum absolute atomic E-state index is 13.2. The first-order chi connectivity index (χ1) is 9.60. The van der Waals surface area contributed by atoms with Crippen molar-refractivity contribution in [3.63, 3.8) is 0 Å². The van der Waals surface area contributed by atoms with Gasteiger partial charge in [-0.25, -0.2) is 4.39 Å². The van der Waals surface area contributed by atoms with Crippen molar-refractivity contribution in [2.75, 3.05) is 26.7 Å². The number of rotatable bonds is 4. The van der Waals surface area contributed by atoms with E-state index in [0.717, 1.165) is 44.5 Å². The van der Waals surface area contributed by atoms with E-state index in [1.807, 2.05) is 12.1 Å². The maximum atomic E-state index is 13.2. The molecule has 0 aliphatic carbocycles. The van der Waals surface area contributed by atoms with Crippen LogP contribution in [0.3, 0.4) is 0 Å². The smallest absolute Gasteiger partial charge is 0.309 e. The number of benzene rings is 1. The molecule has 0 saturated carbocycles. The zero-order valence-electron chi connectivity index (χ0n) is 11.6. The van der Waals surface area contributed by atoms with Gasteiger partial charge in [-0.15, -0.1) is 0 Å². The van der Waals surface area contributed by atoms with Crippen LogP contribution < -0.4 is 0 Å². The third-order valence-corrected chi connectivity index (χ3v) is 4.35. The van der Waals surface area contributed by atoms with Gasteiger partial charge < -0.3 is 9.64 Å². The Kier molecular flexibility index (Phi) is 5.54. The second-order valence-electron chi connectivity index (χ2n) is 5.16. The molecule has 1 unspecified atom stereocenters. The van der Waals surface area contributed by atoms with E-state index in [0.29, 0.717) is 4.47 Å². The van der Waals surface area contributed by atoms with Gasteiger partial charge in [-0.05, 0) is 59.4 Å². The van der Waals surface area contributed by atoms with Crippen molar-refractivity contribution in [3.8, 4) is 0 Å². The number of hydrogen-bond acceptors (Lipinski definition) is 3. The standard InChI is InChI=1S/C15H19BrFNO2/c1-20-15(19)12-3-2-7-18(10-12)8-6-11-4-5-14(17)13(16)9-11/h4-5,9,12H,2-3,6-8,10H2,1H3. The molecule has 5 heteroatoms. The molecule has 0 radical (unpaired) electrons. The van der Waals surface area contributed by atoms with Crippen molar-refractivity contribution in [2.45, 2.75) is 19.3 Å². The van der Waals surface area contributed by atoms with Crippen LogP contribution in [0.2, 0.25) is 0 Å². The number of nitrogens with zero attached hydrogens (tertiary/aromatic N) is 1. The number of esters is 1. The van der Waals surface area contributed by atoms with Gasteiger partial charge in [-0.1, -0.05) is 6.07 Å². The van der Waals surface area contributed by atoms with Crippen molar-refractivity contribution in [2.24, 2.45) is 5.92 Å². The van der Waals surface area contributed by atoms with Crippen molar-refractivity contribution < 1.29 is 13.9 Å². The summed E-state index contributed by atoms with van der Waals surface area (Å²) in [4.78, 5) is 13.9. The molecule has 0 amide bonds. The second kappa shape index (κ2) is 7.18. The SMILES string of the molecule is COC(=O)C1CCCN(CCc2ccc(F)c(Br)c2)C1. The van der Waals surface area contributed by atoms with Crippen LogP contribution in [0.25, 0.3) is 0 Å². The van der Waals surface area contributed by atoms with E-state index in [1.165, 1.54) is 13.2 Å². The molecule has 1 heterocycles. The third-order valence-electron chi connectivity index (χ3n) is 3.74. The van der Waals surface area contributed by atoms with Gasteiger partial charge in [0.25, 0.3) is 0 Å². The van der Waals surface area contributed by atoms with E-state index in [2.05, 4.69) is 20.8 Å². The van der Waals surface area contributed by atoms with Crippen molar-refractivity contribution in [3.05, 3.63) is 34.1 Å². The number of carbonyl (C=O) groups is 1. The van der Waals surface area contributed by atoms with Crippen LogP contribution in [0, 0.1) is 11.7 Å². The van der Waals surface area contributed by atoms with Crippen LogP contribution >= 0.6 is 15.9 Å². The summed E-state index contributed by atoms with van der Waals surface area (Å²) < 4.78 is 18.5. The fourth-order valence-corrected chi connectivity index (χ4v) is 3.03. The van der Waals surface area contributed by atoms with Crippen molar-refractivity contribution >= 4 is 21.9 Å². The number of hydrogen-bond donors (Lipinski definition) is 0. The lowest BCUT2D eigenvalue weighted by molar-refractivity contribution is -0.147. The summed E-state index contributed by atoms with van der Waals surface area (Å²) in [6.45, 7) is 2.65. The summed E-state index contributed by atoms with van der Waals surface area (Å²) in [5.74, 6) is -0.356. The molecule has 0 N–H and O–H groups in total. The van der Waals surface area contributed by atoms with Crippen LogP contribution in [0.1, 0.15) is 18.4 Å². The van der Waals surface area contributed by atoms with E-state index in [-0.39, 0.29) is 17.7 Å². The van der Waals surface area contributed by atoms with Gasteiger partial charge in [0.2, 0.25) is 0 Å². The predicted molar refractivity (Wildman–Crippen MR) is 79.0 cm³/mol. The molecule has 1 saturated heterocycles. The monoisotopic (exact) mass is 343 g/mol. The third kappa shape index (κ3) is 4.03. The number of methoxy groups -OCH3 is 1. The summed E-state index contributed by atoms with van der Waals surface area (Å²) in [6, 6.07) is 5.10.